The average Bonchev–Trinajstić information content (AvgIpc) is 3.02. The topological polar surface area (TPSA) is 50.8 Å². The number of carbonyl (C=O) groups excluding carboxylic acids is 1. The summed E-state index contributed by atoms with van der Waals surface area (Å²) in [5.74, 6) is 1.57. The lowest BCUT2D eigenvalue weighted by Crippen LogP contribution is -2.45. The summed E-state index contributed by atoms with van der Waals surface area (Å²) in [7, 11) is 1.72. The third-order valence-electron chi connectivity index (χ3n) is 5.97. The molecule has 1 N–H and O–H groups in total. The molecular weight excluding hydrogens is 316 g/mol. The number of likely N-dealkylation sites (tertiary alicyclic amines) is 1. The van der Waals surface area contributed by atoms with Crippen LogP contribution < -0.4 is 10.1 Å². The fourth-order valence-electron chi connectivity index (χ4n) is 4.23. The van der Waals surface area contributed by atoms with E-state index in [0.29, 0.717) is 12.0 Å². The van der Waals surface area contributed by atoms with Gasteiger partial charge < -0.3 is 14.8 Å². The number of piperidine rings is 1. The molecule has 136 valence electrons. The monoisotopic (exact) mass is 344 g/mol. The first-order valence-electron chi connectivity index (χ1n) is 9.53. The minimum Gasteiger partial charge on any atom is -0.496 e. The highest BCUT2D eigenvalue weighted by atomic mass is 16.5. The first-order valence-corrected chi connectivity index (χ1v) is 9.53. The Balaban J connectivity index is 1.32. The number of rotatable bonds is 5. The van der Waals surface area contributed by atoms with Crippen LogP contribution in [0.3, 0.4) is 0 Å². The van der Waals surface area contributed by atoms with Crippen LogP contribution in [0.25, 0.3) is 0 Å². The van der Waals surface area contributed by atoms with Crippen LogP contribution >= 0.6 is 0 Å². The van der Waals surface area contributed by atoms with Gasteiger partial charge in [0, 0.05) is 24.7 Å². The number of carbonyl (C=O) groups is 1. The predicted octanol–water partition coefficient (Wildman–Crippen LogP) is 2.34. The first kappa shape index (κ1) is 16.9. The molecule has 25 heavy (non-hydrogen) atoms. The first-order chi connectivity index (χ1) is 12.2. The number of para-hydroxylation sites is 1. The molecule has 1 aromatic rings. The Morgan fingerprint density at radius 1 is 1.32 bits per heavy atom. The molecule has 0 aromatic heterocycles. The molecule has 0 unspecified atom stereocenters. The highest BCUT2D eigenvalue weighted by Crippen LogP contribution is 2.34. The molecule has 0 radical (unpaired) electrons. The number of nitrogens with zero attached hydrogens (tertiary/aromatic N) is 1. The van der Waals surface area contributed by atoms with Gasteiger partial charge in [0.05, 0.1) is 13.2 Å². The predicted molar refractivity (Wildman–Crippen MR) is 95.4 cm³/mol. The maximum Gasteiger partial charge on any atom is 0.249 e. The minimum atomic E-state index is -0.248. The van der Waals surface area contributed by atoms with Crippen molar-refractivity contribution in [3.63, 3.8) is 0 Å². The summed E-state index contributed by atoms with van der Waals surface area (Å²) in [5, 5.41) is 3.14. The Labute approximate surface area is 149 Å². The Morgan fingerprint density at radius 2 is 2.16 bits per heavy atom. The van der Waals surface area contributed by atoms with Gasteiger partial charge >= 0.3 is 0 Å². The van der Waals surface area contributed by atoms with Crippen molar-refractivity contribution in [3.8, 4) is 5.75 Å². The molecule has 3 aliphatic rings. The third-order valence-corrected chi connectivity index (χ3v) is 5.97. The van der Waals surface area contributed by atoms with E-state index in [-0.39, 0.29) is 18.1 Å². The van der Waals surface area contributed by atoms with Crippen molar-refractivity contribution in [2.75, 3.05) is 20.2 Å². The Hall–Kier alpha value is -1.59. The quantitative estimate of drug-likeness (QED) is 0.891. The second-order valence-electron chi connectivity index (χ2n) is 7.63. The molecular formula is C20H28N2O3. The summed E-state index contributed by atoms with van der Waals surface area (Å²) < 4.78 is 11.6. The summed E-state index contributed by atoms with van der Waals surface area (Å²) in [6.07, 6.45) is 5.40. The lowest BCUT2D eigenvalue weighted by molar-refractivity contribution is -0.134. The van der Waals surface area contributed by atoms with Gasteiger partial charge in [0.2, 0.25) is 5.91 Å². The minimum absolute atomic E-state index is 0.107. The van der Waals surface area contributed by atoms with Crippen LogP contribution in [0.2, 0.25) is 0 Å². The van der Waals surface area contributed by atoms with Crippen molar-refractivity contribution in [2.24, 2.45) is 5.92 Å². The molecule has 2 aliphatic heterocycles. The summed E-state index contributed by atoms with van der Waals surface area (Å²) >= 11 is 0. The molecule has 1 aliphatic carbocycles. The molecule has 1 aromatic carbocycles. The Morgan fingerprint density at radius 3 is 2.92 bits per heavy atom. The summed E-state index contributed by atoms with van der Waals surface area (Å²) in [6, 6.07) is 8.57. The summed E-state index contributed by atoms with van der Waals surface area (Å²) in [6.45, 7) is 2.82. The van der Waals surface area contributed by atoms with Crippen LogP contribution in [0, 0.1) is 5.92 Å². The molecule has 5 nitrogen and oxygen atoms in total. The fourth-order valence-corrected chi connectivity index (χ4v) is 4.23. The number of methoxy groups -OCH3 is 1. The standard InChI is InChI=1S/C20H28N2O3/c1-24-17-8-3-2-5-15(17)12-22-10-9-14-11-18(25-19(14)13-22)20(23)21-16-6-4-7-16/h2-3,5,8,14,16,18-19H,4,6-7,9-13H2,1H3,(H,21,23)/t14-,18-,19+/m1/s1. The van der Waals surface area contributed by atoms with E-state index in [1.807, 2.05) is 12.1 Å². The van der Waals surface area contributed by atoms with Crippen LogP contribution in [0.5, 0.6) is 5.75 Å². The van der Waals surface area contributed by atoms with Gasteiger partial charge in [-0.2, -0.15) is 0 Å². The van der Waals surface area contributed by atoms with Crippen LogP contribution in [0.4, 0.5) is 0 Å². The van der Waals surface area contributed by atoms with Crippen molar-refractivity contribution in [1.29, 1.82) is 0 Å². The lowest BCUT2D eigenvalue weighted by Gasteiger charge is -2.34. The van der Waals surface area contributed by atoms with E-state index >= 15 is 0 Å². The zero-order valence-electron chi connectivity index (χ0n) is 14.9. The molecule has 2 heterocycles. The third kappa shape index (κ3) is 3.67. The Bertz CT molecular complexity index is 617. The van der Waals surface area contributed by atoms with Gasteiger partial charge in [-0.3, -0.25) is 9.69 Å². The maximum atomic E-state index is 12.4. The number of hydrogen-bond acceptors (Lipinski definition) is 4. The van der Waals surface area contributed by atoms with E-state index in [9.17, 15) is 4.79 Å². The second kappa shape index (κ2) is 7.34. The molecule has 1 saturated carbocycles. The maximum absolute atomic E-state index is 12.4. The fraction of sp³-hybridized carbons (Fsp3) is 0.650. The number of nitrogens with one attached hydrogen (secondary N) is 1. The highest BCUT2D eigenvalue weighted by molar-refractivity contribution is 5.81. The van der Waals surface area contributed by atoms with E-state index in [1.165, 1.54) is 12.0 Å². The SMILES string of the molecule is COc1ccccc1CN1CC[C@@H]2C[C@H](C(=O)NC3CCC3)O[C@H]2C1. The molecule has 2 saturated heterocycles. The van der Waals surface area contributed by atoms with E-state index < -0.39 is 0 Å². The van der Waals surface area contributed by atoms with Gasteiger partial charge in [0.25, 0.3) is 0 Å². The van der Waals surface area contributed by atoms with Crippen molar-refractivity contribution in [3.05, 3.63) is 29.8 Å². The van der Waals surface area contributed by atoms with Crippen molar-refractivity contribution in [2.45, 2.75) is 56.9 Å². The Kier molecular flexibility index (Phi) is 4.95. The van der Waals surface area contributed by atoms with Gasteiger partial charge in [-0.1, -0.05) is 18.2 Å². The number of ether oxygens (including phenoxy) is 2. The van der Waals surface area contributed by atoms with E-state index in [4.69, 9.17) is 9.47 Å². The molecule has 4 rings (SSSR count). The zero-order valence-corrected chi connectivity index (χ0v) is 14.9. The number of hydrogen-bond donors (Lipinski definition) is 1. The number of fused-ring (bicyclic) bond motifs is 1. The lowest BCUT2D eigenvalue weighted by atomic mass is 9.90. The van der Waals surface area contributed by atoms with E-state index in [2.05, 4.69) is 22.3 Å². The second-order valence-corrected chi connectivity index (χ2v) is 7.63. The zero-order chi connectivity index (χ0) is 17.2. The molecule has 1 amide bonds. The van der Waals surface area contributed by atoms with Gasteiger partial charge in [-0.25, -0.2) is 0 Å². The molecule has 3 atom stereocenters. The smallest absolute Gasteiger partial charge is 0.249 e. The molecule has 5 heteroatoms. The highest BCUT2D eigenvalue weighted by Gasteiger charge is 2.42. The van der Waals surface area contributed by atoms with Crippen molar-refractivity contribution >= 4 is 5.91 Å². The van der Waals surface area contributed by atoms with Gasteiger partial charge in [0.1, 0.15) is 11.9 Å². The van der Waals surface area contributed by atoms with Gasteiger partial charge in [0.15, 0.2) is 0 Å². The van der Waals surface area contributed by atoms with Crippen molar-refractivity contribution < 1.29 is 14.3 Å². The molecule has 0 spiro atoms. The van der Waals surface area contributed by atoms with Crippen LogP contribution in [0.15, 0.2) is 24.3 Å². The van der Waals surface area contributed by atoms with Crippen molar-refractivity contribution in [1.82, 2.24) is 10.2 Å². The number of benzene rings is 1. The summed E-state index contributed by atoms with van der Waals surface area (Å²) in [5.41, 5.74) is 1.21. The van der Waals surface area contributed by atoms with Crippen LogP contribution in [-0.4, -0.2) is 49.3 Å². The van der Waals surface area contributed by atoms with Gasteiger partial charge in [-0.15, -0.1) is 0 Å². The van der Waals surface area contributed by atoms with Crippen LogP contribution in [-0.2, 0) is 16.1 Å². The molecule has 3 fully saturated rings. The van der Waals surface area contributed by atoms with Crippen LogP contribution in [0.1, 0.15) is 37.7 Å². The number of amides is 1. The largest absolute Gasteiger partial charge is 0.496 e. The average molecular weight is 344 g/mol. The summed E-state index contributed by atoms with van der Waals surface area (Å²) in [4.78, 5) is 14.8. The van der Waals surface area contributed by atoms with E-state index in [0.717, 1.165) is 51.1 Å². The van der Waals surface area contributed by atoms with E-state index in [1.54, 1.807) is 7.11 Å². The molecule has 0 bridgehead atoms. The van der Waals surface area contributed by atoms with Gasteiger partial charge in [-0.05, 0) is 50.6 Å². The normalized spacial score (nSPS) is 29.7.